The maximum atomic E-state index is 12.1. The topological polar surface area (TPSA) is 60.7 Å². The molecule has 0 aliphatic rings. The van der Waals surface area contributed by atoms with E-state index in [1.165, 1.54) is 16.5 Å². The van der Waals surface area contributed by atoms with Gasteiger partial charge in [0.05, 0.1) is 5.69 Å². The fourth-order valence-electron chi connectivity index (χ4n) is 2.24. The van der Waals surface area contributed by atoms with Gasteiger partial charge >= 0.3 is 5.97 Å². The number of carbonyl (C=O) groups excluding carboxylic acids is 1. The molecule has 6 heteroatoms. The average Bonchev–Trinajstić information content (AvgIpc) is 2.60. The Balaban J connectivity index is 1.67. The number of aromatic nitrogens is 2. The van der Waals surface area contributed by atoms with Crippen LogP contribution in [0.2, 0.25) is 0 Å². The molecule has 2 aromatic heterocycles. The highest BCUT2D eigenvalue weighted by molar-refractivity contribution is 9.10. The van der Waals surface area contributed by atoms with Gasteiger partial charge in [0, 0.05) is 22.8 Å². The molecule has 25 heavy (non-hydrogen) atoms. The highest BCUT2D eigenvalue weighted by atomic mass is 79.9. The summed E-state index contributed by atoms with van der Waals surface area (Å²) in [6, 6.07) is 12.6. The van der Waals surface area contributed by atoms with Crippen LogP contribution in [0.4, 0.5) is 0 Å². The number of esters is 1. The molecule has 3 aromatic rings. The molecule has 0 spiro atoms. The van der Waals surface area contributed by atoms with Gasteiger partial charge in [-0.15, -0.1) is 0 Å². The number of ether oxygens (including phenoxy) is 1. The summed E-state index contributed by atoms with van der Waals surface area (Å²) in [6.07, 6.45) is 4.68. The normalized spacial score (nSPS) is 11.1. The predicted molar refractivity (Wildman–Crippen MR) is 99.2 cm³/mol. The Labute approximate surface area is 152 Å². The van der Waals surface area contributed by atoms with Crippen molar-refractivity contribution in [2.75, 3.05) is 0 Å². The largest absolute Gasteiger partial charge is 0.456 e. The van der Waals surface area contributed by atoms with Crippen molar-refractivity contribution in [3.63, 3.8) is 0 Å². The van der Waals surface area contributed by atoms with Crippen LogP contribution in [0.25, 0.3) is 11.7 Å². The molecule has 0 unspecified atom stereocenters. The van der Waals surface area contributed by atoms with E-state index in [4.69, 9.17) is 4.74 Å². The summed E-state index contributed by atoms with van der Waals surface area (Å²) in [5.41, 5.74) is 2.74. The van der Waals surface area contributed by atoms with Gasteiger partial charge in [-0.2, -0.15) is 0 Å². The molecule has 0 saturated carbocycles. The second-order valence-electron chi connectivity index (χ2n) is 5.51. The number of carbonyl (C=O) groups is 1. The quantitative estimate of drug-likeness (QED) is 0.498. The van der Waals surface area contributed by atoms with E-state index < -0.39 is 5.97 Å². The first-order valence-corrected chi connectivity index (χ1v) is 8.40. The van der Waals surface area contributed by atoms with E-state index in [2.05, 4.69) is 20.9 Å². The van der Waals surface area contributed by atoms with Crippen molar-refractivity contribution in [3.05, 3.63) is 86.4 Å². The highest BCUT2D eigenvalue weighted by Gasteiger charge is 2.05. The van der Waals surface area contributed by atoms with Gasteiger partial charge in [-0.1, -0.05) is 29.8 Å². The number of aryl methyl sites for hydroxylation is 1. The Morgan fingerprint density at radius 2 is 2.00 bits per heavy atom. The number of rotatable bonds is 4. The van der Waals surface area contributed by atoms with Gasteiger partial charge in [0.1, 0.15) is 12.3 Å². The van der Waals surface area contributed by atoms with Crippen LogP contribution < -0.4 is 5.56 Å². The molecule has 0 fully saturated rings. The van der Waals surface area contributed by atoms with Crippen molar-refractivity contribution in [2.24, 2.45) is 0 Å². The standard InChI is InChI=1S/C19H15BrN2O3/c1-13-2-4-14(5-3-13)6-9-19(24)25-12-16-10-18(23)22-11-15(20)7-8-17(22)21-16/h2-11H,12H2,1H3. The van der Waals surface area contributed by atoms with E-state index in [-0.39, 0.29) is 12.2 Å². The second kappa shape index (κ2) is 7.44. The number of fused-ring (bicyclic) bond motifs is 1. The van der Waals surface area contributed by atoms with E-state index in [1.807, 2.05) is 31.2 Å². The number of pyridine rings is 1. The minimum absolute atomic E-state index is 0.0567. The van der Waals surface area contributed by atoms with Crippen LogP contribution in [-0.4, -0.2) is 15.4 Å². The monoisotopic (exact) mass is 398 g/mol. The number of benzene rings is 1. The Morgan fingerprint density at radius 1 is 1.24 bits per heavy atom. The van der Waals surface area contributed by atoms with E-state index in [1.54, 1.807) is 24.4 Å². The first-order chi connectivity index (χ1) is 12.0. The third-order valence-electron chi connectivity index (χ3n) is 3.53. The molecule has 1 aromatic carbocycles. The van der Waals surface area contributed by atoms with Crippen molar-refractivity contribution in [3.8, 4) is 0 Å². The van der Waals surface area contributed by atoms with Gasteiger partial charge in [-0.3, -0.25) is 9.20 Å². The molecule has 0 aliphatic heterocycles. The lowest BCUT2D eigenvalue weighted by Gasteiger charge is -2.05. The van der Waals surface area contributed by atoms with E-state index >= 15 is 0 Å². The van der Waals surface area contributed by atoms with Crippen LogP contribution in [0, 0.1) is 6.92 Å². The summed E-state index contributed by atoms with van der Waals surface area (Å²) in [6.45, 7) is 1.94. The van der Waals surface area contributed by atoms with Gasteiger partial charge in [0.25, 0.3) is 5.56 Å². The molecule has 0 bridgehead atoms. The third kappa shape index (κ3) is 4.42. The smallest absolute Gasteiger partial charge is 0.331 e. The lowest BCUT2D eigenvalue weighted by atomic mass is 10.1. The van der Waals surface area contributed by atoms with Crippen molar-refractivity contribution in [1.82, 2.24) is 9.38 Å². The van der Waals surface area contributed by atoms with Crippen LogP contribution in [0.1, 0.15) is 16.8 Å². The molecule has 0 N–H and O–H groups in total. The molecule has 0 aliphatic carbocycles. The zero-order chi connectivity index (χ0) is 17.8. The number of hydrogen-bond donors (Lipinski definition) is 0. The Hall–Kier alpha value is -2.73. The van der Waals surface area contributed by atoms with Crippen LogP contribution in [-0.2, 0) is 16.1 Å². The van der Waals surface area contributed by atoms with Crippen LogP contribution >= 0.6 is 15.9 Å². The molecule has 0 amide bonds. The average molecular weight is 399 g/mol. The fraction of sp³-hybridized carbons (Fsp3) is 0.105. The second-order valence-corrected chi connectivity index (χ2v) is 6.43. The lowest BCUT2D eigenvalue weighted by molar-refractivity contribution is -0.139. The Morgan fingerprint density at radius 3 is 2.76 bits per heavy atom. The summed E-state index contributed by atoms with van der Waals surface area (Å²) >= 11 is 3.31. The molecular formula is C19H15BrN2O3. The van der Waals surface area contributed by atoms with Gasteiger partial charge in [0.15, 0.2) is 0 Å². The van der Waals surface area contributed by atoms with Gasteiger partial charge in [-0.25, -0.2) is 9.78 Å². The van der Waals surface area contributed by atoms with Crippen molar-refractivity contribution < 1.29 is 9.53 Å². The van der Waals surface area contributed by atoms with Crippen molar-refractivity contribution in [1.29, 1.82) is 0 Å². The number of halogens is 1. The highest BCUT2D eigenvalue weighted by Crippen LogP contribution is 2.10. The maximum Gasteiger partial charge on any atom is 0.331 e. The molecule has 0 atom stereocenters. The molecule has 126 valence electrons. The third-order valence-corrected chi connectivity index (χ3v) is 4.00. The molecule has 0 radical (unpaired) electrons. The fourth-order valence-corrected chi connectivity index (χ4v) is 2.57. The lowest BCUT2D eigenvalue weighted by Crippen LogP contribution is -2.16. The van der Waals surface area contributed by atoms with Gasteiger partial charge < -0.3 is 4.74 Å². The Bertz CT molecular complexity index is 1010. The number of hydrogen-bond acceptors (Lipinski definition) is 4. The summed E-state index contributed by atoms with van der Waals surface area (Å²) in [7, 11) is 0. The van der Waals surface area contributed by atoms with E-state index in [0.29, 0.717) is 11.3 Å². The first kappa shape index (κ1) is 17.1. The molecule has 5 nitrogen and oxygen atoms in total. The van der Waals surface area contributed by atoms with E-state index in [9.17, 15) is 9.59 Å². The SMILES string of the molecule is Cc1ccc(C=CC(=O)OCc2cc(=O)n3cc(Br)ccc3n2)cc1. The Kier molecular flexibility index (Phi) is 5.09. The minimum atomic E-state index is -0.488. The van der Waals surface area contributed by atoms with Crippen LogP contribution in [0.3, 0.4) is 0 Å². The number of nitrogens with zero attached hydrogens (tertiary/aromatic N) is 2. The molecular weight excluding hydrogens is 384 g/mol. The zero-order valence-corrected chi connectivity index (χ0v) is 15.1. The molecule has 0 saturated heterocycles. The van der Waals surface area contributed by atoms with E-state index in [0.717, 1.165) is 15.6 Å². The van der Waals surface area contributed by atoms with Crippen LogP contribution in [0.5, 0.6) is 0 Å². The van der Waals surface area contributed by atoms with Gasteiger partial charge in [0.2, 0.25) is 0 Å². The first-order valence-electron chi connectivity index (χ1n) is 7.60. The van der Waals surface area contributed by atoms with Crippen molar-refractivity contribution in [2.45, 2.75) is 13.5 Å². The summed E-state index contributed by atoms with van der Waals surface area (Å²) in [5.74, 6) is -0.488. The molecule has 2 heterocycles. The predicted octanol–water partition coefficient (Wildman–Crippen LogP) is 3.52. The van der Waals surface area contributed by atoms with Gasteiger partial charge in [-0.05, 0) is 46.6 Å². The molecule has 3 rings (SSSR count). The maximum absolute atomic E-state index is 12.1. The van der Waals surface area contributed by atoms with Crippen LogP contribution in [0.15, 0.2) is 64.0 Å². The zero-order valence-electron chi connectivity index (χ0n) is 13.5. The summed E-state index contributed by atoms with van der Waals surface area (Å²) in [5, 5.41) is 0. The van der Waals surface area contributed by atoms with Crippen molar-refractivity contribution >= 4 is 33.6 Å². The summed E-state index contributed by atoms with van der Waals surface area (Å²) < 4.78 is 7.36. The minimum Gasteiger partial charge on any atom is -0.456 e. The summed E-state index contributed by atoms with van der Waals surface area (Å²) in [4.78, 5) is 28.2.